The second kappa shape index (κ2) is 8.51. The number of anilines is 1. The van der Waals surface area contributed by atoms with E-state index in [0.717, 1.165) is 0 Å². The number of halogens is 1. The summed E-state index contributed by atoms with van der Waals surface area (Å²) in [5.41, 5.74) is 0.687. The molecule has 1 aromatic rings. The van der Waals surface area contributed by atoms with Gasteiger partial charge >= 0.3 is 5.97 Å². The van der Waals surface area contributed by atoms with Gasteiger partial charge in [0, 0.05) is 18.7 Å². The van der Waals surface area contributed by atoms with Gasteiger partial charge in [0.25, 0.3) is 5.91 Å². The van der Waals surface area contributed by atoms with Crippen LogP contribution in [0.3, 0.4) is 0 Å². The Bertz CT molecular complexity index is 707. The van der Waals surface area contributed by atoms with E-state index in [1.54, 1.807) is 19.1 Å². The van der Waals surface area contributed by atoms with E-state index in [-0.39, 0.29) is 35.5 Å². The third-order valence-electron chi connectivity index (χ3n) is 3.90. The molecule has 0 aromatic heterocycles. The van der Waals surface area contributed by atoms with Crippen LogP contribution in [0.4, 0.5) is 5.69 Å². The van der Waals surface area contributed by atoms with Crippen LogP contribution in [0.15, 0.2) is 18.2 Å². The van der Waals surface area contributed by atoms with Gasteiger partial charge in [-0.3, -0.25) is 9.59 Å². The number of morpholine rings is 1. The van der Waals surface area contributed by atoms with Gasteiger partial charge in [0.05, 0.1) is 23.2 Å². The molecule has 2 rings (SSSR count). The molecule has 2 atom stereocenters. The number of ether oxygens (including phenoxy) is 1. The monoisotopic (exact) mass is 382 g/mol. The summed E-state index contributed by atoms with van der Waals surface area (Å²) in [6.07, 6.45) is -1.11. The van der Waals surface area contributed by atoms with Crippen molar-refractivity contribution in [2.45, 2.75) is 39.4 Å². The van der Waals surface area contributed by atoms with Gasteiger partial charge in [0.1, 0.15) is 0 Å². The standard InChI is InChI=1S/C18H23ClN2O5/c1-10(2)6-16(22)20-12-4-5-14(19)13(7-12)17(23)21-8-11(3)26-15(9-21)18(24)25/h4-5,7,10-11,15H,6,8-9H2,1-3H3,(H,20,22)(H,24,25)/t11-,15?/m1/s1. The molecule has 0 saturated carbocycles. The molecular weight excluding hydrogens is 360 g/mol. The first kappa shape index (κ1) is 20.2. The Morgan fingerprint density at radius 3 is 2.65 bits per heavy atom. The predicted octanol–water partition coefficient (Wildman–Crippen LogP) is 2.64. The molecule has 1 aliphatic rings. The van der Waals surface area contributed by atoms with Gasteiger partial charge in [0.15, 0.2) is 6.10 Å². The molecule has 1 aromatic carbocycles. The summed E-state index contributed by atoms with van der Waals surface area (Å²) in [5, 5.41) is 12.1. The normalized spacial score (nSPS) is 20.1. The average molecular weight is 383 g/mol. The molecular formula is C18H23ClN2O5. The number of rotatable bonds is 5. The highest BCUT2D eigenvalue weighted by atomic mass is 35.5. The fourth-order valence-electron chi connectivity index (χ4n) is 2.77. The Morgan fingerprint density at radius 1 is 1.35 bits per heavy atom. The summed E-state index contributed by atoms with van der Waals surface area (Å²) in [4.78, 5) is 37.4. The van der Waals surface area contributed by atoms with Gasteiger partial charge in [-0.2, -0.15) is 0 Å². The molecule has 2 N–H and O–H groups in total. The molecule has 26 heavy (non-hydrogen) atoms. The second-order valence-electron chi connectivity index (χ2n) is 6.82. The van der Waals surface area contributed by atoms with Crippen molar-refractivity contribution in [2.75, 3.05) is 18.4 Å². The molecule has 7 nitrogen and oxygen atoms in total. The largest absolute Gasteiger partial charge is 0.479 e. The maximum Gasteiger partial charge on any atom is 0.334 e. The van der Waals surface area contributed by atoms with E-state index < -0.39 is 24.1 Å². The highest BCUT2D eigenvalue weighted by Crippen LogP contribution is 2.24. The van der Waals surface area contributed by atoms with Crippen molar-refractivity contribution < 1.29 is 24.2 Å². The molecule has 0 radical (unpaired) electrons. The van der Waals surface area contributed by atoms with E-state index in [1.807, 2.05) is 13.8 Å². The van der Waals surface area contributed by atoms with Crippen LogP contribution in [0.2, 0.25) is 5.02 Å². The van der Waals surface area contributed by atoms with Gasteiger partial charge in [-0.05, 0) is 31.0 Å². The van der Waals surface area contributed by atoms with Crippen molar-refractivity contribution in [2.24, 2.45) is 5.92 Å². The van der Waals surface area contributed by atoms with Gasteiger partial charge in [-0.25, -0.2) is 4.79 Å². The highest BCUT2D eigenvalue weighted by Gasteiger charge is 2.33. The Labute approximate surface area is 157 Å². The number of hydrogen-bond donors (Lipinski definition) is 2. The van der Waals surface area contributed by atoms with Crippen LogP contribution in [0.1, 0.15) is 37.6 Å². The van der Waals surface area contributed by atoms with Crippen molar-refractivity contribution in [3.8, 4) is 0 Å². The fraction of sp³-hybridized carbons (Fsp3) is 0.500. The smallest absolute Gasteiger partial charge is 0.334 e. The second-order valence-corrected chi connectivity index (χ2v) is 7.23. The summed E-state index contributed by atoms with van der Waals surface area (Å²) in [6.45, 7) is 5.80. The first-order valence-electron chi connectivity index (χ1n) is 8.44. The number of carbonyl (C=O) groups is 3. The topological polar surface area (TPSA) is 95.9 Å². The highest BCUT2D eigenvalue weighted by molar-refractivity contribution is 6.34. The molecule has 1 aliphatic heterocycles. The average Bonchev–Trinajstić information content (AvgIpc) is 2.54. The molecule has 1 unspecified atom stereocenters. The minimum Gasteiger partial charge on any atom is -0.479 e. The van der Waals surface area contributed by atoms with Crippen LogP contribution in [0, 0.1) is 5.92 Å². The molecule has 1 saturated heterocycles. The Morgan fingerprint density at radius 2 is 2.04 bits per heavy atom. The first-order valence-corrected chi connectivity index (χ1v) is 8.82. The minimum absolute atomic E-state index is 0.0568. The van der Waals surface area contributed by atoms with E-state index in [0.29, 0.717) is 12.1 Å². The zero-order valence-corrected chi connectivity index (χ0v) is 15.7. The van der Waals surface area contributed by atoms with Crippen LogP contribution in [0.5, 0.6) is 0 Å². The molecule has 0 bridgehead atoms. The third kappa shape index (κ3) is 5.19. The van der Waals surface area contributed by atoms with Crippen LogP contribution in [-0.4, -0.2) is 53.1 Å². The summed E-state index contributed by atoms with van der Waals surface area (Å²) < 4.78 is 5.32. The number of nitrogens with one attached hydrogen (secondary N) is 1. The maximum absolute atomic E-state index is 12.8. The summed E-state index contributed by atoms with van der Waals surface area (Å²) >= 11 is 6.16. The summed E-state index contributed by atoms with van der Waals surface area (Å²) in [6, 6.07) is 4.68. The number of amides is 2. The van der Waals surface area contributed by atoms with Crippen molar-refractivity contribution in [1.82, 2.24) is 4.90 Å². The molecule has 0 spiro atoms. The number of carboxylic acid groups (broad SMARTS) is 1. The van der Waals surface area contributed by atoms with Gasteiger partial charge in [-0.1, -0.05) is 25.4 Å². The van der Waals surface area contributed by atoms with E-state index >= 15 is 0 Å². The van der Waals surface area contributed by atoms with Gasteiger partial charge < -0.3 is 20.1 Å². The SMILES string of the molecule is CC(C)CC(=O)Nc1ccc(Cl)c(C(=O)N2CC(C(=O)O)O[C@H](C)C2)c1. The van der Waals surface area contributed by atoms with Crippen molar-refractivity contribution >= 4 is 35.1 Å². The molecule has 1 heterocycles. The van der Waals surface area contributed by atoms with Crippen LogP contribution in [0.25, 0.3) is 0 Å². The van der Waals surface area contributed by atoms with Crippen LogP contribution < -0.4 is 5.32 Å². The summed E-state index contributed by atoms with van der Waals surface area (Å²) in [7, 11) is 0. The Hall–Kier alpha value is -2.12. The molecule has 142 valence electrons. The lowest BCUT2D eigenvalue weighted by atomic mass is 10.1. The van der Waals surface area contributed by atoms with Gasteiger partial charge in [0.2, 0.25) is 5.91 Å². The van der Waals surface area contributed by atoms with Crippen molar-refractivity contribution in [1.29, 1.82) is 0 Å². The predicted molar refractivity (Wildman–Crippen MR) is 97.4 cm³/mol. The zero-order chi connectivity index (χ0) is 19.4. The first-order chi connectivity index (χ1) is 12.2. The third-order valence-corrected chi connectivity index (χ3v) is 4.23. The zero-order valence-electron chi connectivity index (χ0n) is 15.0. The molecule has 2 amide bonds. The molecule has 8 heteroatoms. The van der Waals surface area contributed by atoms with Crippen molar-refractivity contribution in [3.63, 3.8) is 0 Å². The number of hydrogen-bond acceptors (Lipinski definition) is 4. The van der Waals surface area contributed by atoms with Gasteiger partial charge in [-0.15, -0.1) is 0 Å². The number of carbonyl (C=O) groups excluding carboxylic acids is 2. The number of nitrogens with zero attached hydrogens (tertiary/aromatic N) is 1. The van der Waals surface area contributed by atoms with Crippen LogP contribution >= 0.6 is 11.6 Å². The van der Waals surface area contributed by atoms with E-state index in [9.17, 15) is 14.4 Å². The number of carboxylic acids is 1. The molecule has 1 fully saturated rings. The fourth-order valence-corrected chi connectivity index (χ4v) is 2.97. The minimum atomic E-state index is -1.12. The van der Waals surface area contributed by atoms with E-state index in [2.05, 4.69) is 5.32 Å². The Balaban J connectivity index is 2.18. The lowest BCUT2D eigenvalue weighted by molar-refractivity contribution is -0.160. The quantitative estimate of drug-likeness (QED) is 0.816. The lowest BCUT2D eigenvalue weighted by Crippen LogP contribution is -2.51. The lowest BCUT2D eigenvalue weighted by Gasteiger charge is -2.35. The van der Waals surface area contributed by atoms with Crippen molar-refractivity contribution in [3.05, 3.63) is 28.8 Å². The Kier molecular flexibility index (Phi) is 6.61. The molecule has 0 aliphatic carbocycles. The van der Waals surface area contributed by atoms with E-state index in [1.165, 1.54) is 11.0 Å². The maximum atomic E-state index is 12.8. The number of benzene rings is 1. The number of aliphatic carboxylic acids is 1. The van der Waals surface area contributed by atoms with E-state index in [4.69, 9.17) is 21.4 Å². The van der Waals surface area contributed by atoms with Crippen LogP contribution in [-0.2, 0) is 14.3 Å². The summed E-state index contributed by atoms with van der Waals surface area (Å²) in [5.74, 6) is -1.44.